The third kappa shape index (κ3) is 6.52. The normalized spacial score (nSPS) is 12.1. The Morgan fingerprint density at radius 2 is 1.88 bits per heavy atom. The number of carbonyl (C=O) groups excluding carboxylic acids is 2. The van der Waals surface area contributed by atoms with Gasteiger partial charge in [-0.05, 0) is 82.5 Å². The summed E-state index contributed by atoms with van der Waals surface area (Å²) in [4.78, 5) is 40.9. The van der Waals surface area contributed by atoms with Crippen LogP contribution in [0.25, 0.3) is 22.8 Å². The van der Waals surface area contributed by atoms with E-state index in [-0.39, 0.29) is 35.8 Å². The topological polar surface area (TPSA) is 127 Å². The Balaban J connectivity index is 1.94. The fourth-order valence-corrected chi connectivity index (χ4v) is 4.63. The number of aromatic nitrogens is 4. The number of benzene rings is 2. The van der Waals surface area contributed by atoms with E-state index in [1.165, 1.54) is 29.9 Å². The zero-order valence-corrected chi connectivity index (χ0v) is 23.5. The summed E-state index contributed by atoms with van der Waals surface area (Å²) in [6.07, 6.45) is -4.48. The van der Waals surface area contributed by atoms with Crippen LogP contribution in [-0.2, 0) is 20.5 Å². The van der Waals surface area contributed by atoms with Crippen LogP contribution in [0.4, 0.5) is 13.2 Å². The summed E-state index contributed by atoms with van der Waals surface area (Å²) in [5, 5.41) is 16.2. The fraction of sp³-hybridized carbons (Fsp3) is 0.276. The Hall–Kier alpha value is -5.16. The van der Waals surface area contributed by atoms with Gasteiger partial charge in [0.2, 0.25) is 0 Å². The predicted molar refractivity (Wildman–Crippen MR) is 149 cm³/mol. The molecule has 1 atom stereocenters. The SMILES string of the molecule is Cc1c(-c2ccnn2-c2ccc(C#N)cc2)n(C(OC=O)C(=O)NCCCN(C)C)c(=O)n1-c1cccc(C(F)(F)F)c1. The monoisotopic (exact) mass is 595 g/mol. The van der Waals surface area contributed by atoms with Crippen LogP contribution < -0.4 is 11.0 Å². The lowest BCUT2D eigenvalue weighted by Crippen LogP contribution is -2.40. The number of alkyl halides is 3. The zero-order chi connectivity index (χ0) is 31.3. The van der Waals surface area contributed by atoms with Gasteiger partial charge in [0.15, 0.2) is 0 Å². The van der Waals surface area contributed by atoms with Gasteiger partial charge in [-0.15, -0.1) is 0 Å². The molecule has 0 saturated heterocycles. The van der Waals surface area contributed by atoms with Crippen molar-refractivity contribution in [2.45, 2.75) is 25.7 Å². The Bertz CT molecular complexity index is 1710. The average molecular weight is 596 g/mol. The molecule has 224 valence electrons. The first-order chi connectivity index (χ1) is 20.5. The van der Waals surface area contributed by atoms with Crippen LogP contribution in [0.2, 0.25) is 0 Å². The zero-order valence-electron chi connectivity index (χ0n) is 23.5. The summed E-state index contributed by atoms with van der Waals surface area (Å²) in [7, 11) is 3.73. The molecule has 14 heteroatoms. The minimum atomic E-state index is -4.68. The van der Waals surface area contributed by atoms with Gasteiger partial charge in [0, 0.05) is 6.54 Å². The number of carbonyl (C=O) groups is 2. The quantitative estimate of drug-likeness (QED) is 0.208. The molecule has 11 nitrogen and oxygen atoms in total. The number of nitriles is 1. The van der Waals surface area contributed by atoms with Gasteiger partial charge < -0.3 is 15.0 Å². The lowest BCUT2D eigenvalue weighted by Gasteiger charge is -2.19. The number of ether oxygens (including phenoxy) is 1. The van der Waals surface area contributed by atoms with Gasteiger partial charge in [-0.3, -0.25) is 14.2 Å². The number of imidazole rings is 1. The van der Waals surface area contributed by atoms with E-state index >= 15 is 0 Å². The highest BCUT2D eigenvalue weighted by Crippen LogP contribution is 2.33. The van der Waals surface area contributed by atoms with E-state index in [0.717, 1.165) is 21.3 Å². The van der Waals surface area contributed by atoms with Crippen molar-refractivity contribution in [1.29, 1.82) is 5.26 Å². The molecule has 0 aliphatic carbocycles. The molecule has 0 bridgehead atoms. The second-order valence-electron chi connectivity index (χ2n) is 9.79. The number of nitrogens with zero attached hydrogens (tertiary/aromatic N) is 6. The van der Waals surface area contributed by atoms with Crippen LogP contribution in [0.1, 0.15) is 29.5 Å². The summed E-state index contributed by atoms with van der Waals surface area (Å²) < 4.78 is 49.3. The molecular formula is C29H28F3N7O4. The molecule has 0 aliphatic rings. The Morgan fingerprint density at radius 1 is 1.16 bits per heavy atom. The number of hydrogen-bond acceptors (Lipinski definition) is 7. The first-order valence-corrected chi connectivity index (χ1v) is 13.1. The van der Waals surface area contributed by atoms with Crippen molar-refractivity contribution in [3.8, 4) is 28.8 Å². The molecule has 4 aromatic rings. The van der Waals surface area contributed by atoms with Crippen LogP contribution in [0, 0.1) is 18.3 Å². The van der Waals surface area contributed by atoms with Gasteiger partial charge in [-0.2, -0.15) is 23.5 Å². The van der Waals surface area contributed by atoms with E-state index < -0.39 is 29.6 Å². The third-order valence-corrected chi connectivity index (χ3v) is 6.60. The van der Waals surface area contributed by atoms with E-state index in [2.05, 4.69) is 10.4 Å². The molecule has 1 unspecified atom stereocenters. The highest BCUT2D eigenvalue weighted by molar-refractivity contribution is 5.81. The van der Waals surface area contributed by atoms with Gasteiger partial charge in [0.1, 0.15) is 0 Å². The van der Waals surface area contributed by atoms with E-state index in [1.54, 1.807) is 30.3 Å². The van der Waals surface area contributed by atoms with Crippen LogP contribution >= 0.6 is 0 Å². The largest absolute Gasteiger partial charge is 0.433 e. The molecule has 1 amide bonds. The second-order valence-corrected chi connectivity index (χ2v) is 9.79. The maximum atomic E-state index is 14.0. The molecule has 0 fully saturated rings. The van der Waals surface area contributed by atoms with Gasteiger partial charge in [0.05, 0.1) is 51.8 Å². The highest BCUT2D eigenvalue weighted by atomic mass is 19.4. The van der Waals surface area contributed by atoms with Crippen LogP contribution in [0.5, 0.6) is 0 Å². The van der Waals surface area contributed by atoms with Crippen molar-refractivity contribution in [3.05, 3.63) is 88.1 Å². The predicted octanol–water partition coefficient (Wildman–Crippen LogP) is 3.43. The molecule has 2 heterocycles. The molecule has 0 radical (unpaired) electrons. The van der Waals surface area contributed by atoms with Crippen LogP contribution in [-0.4, -0.2) is 63.4 Å². The van der Waals surface area contributed by atoms with E-state index in [0.29, 0.717) is 24.2 Å². The number of nitrogens with one attached hydrogen (secondary N) is 1. The Kier molecular flexibility index (Phi) is 9.15. The average Bonchev–Trinajstić information content (AvgIpc) is 3.55. The lowest BCUT2D eigenvalue weighted by atomic mass is 10.1. The molecule has 2 aromatic heterocycles. The first kappa shape index (κ1) is 30.8. The molecule has 0 saturated carbocycles. The summed E-state index contributed by atoms with van der Waals surface area (Å²) >= 11 is 0. The Morgan fingerprint density at radius 3 is 2.51 bits per heavy atom. The highest BCUT2D eigenvalue weighted by Gasteiger charge is 2.34. The molecule has 4 rings (SSSR count). The maximum absolute atomic E-state index is 14.0. The smallest absolute Gasteiger partial charge is 0.416 e. The summed E-state index contributed by atoms with van der Waals surface area (Å²) in [6.45, 7) is 2.38. The number of rotatable bonds is 11. The number of halogens is 3. The van der Waals surface area contributed by atoms with Crippen molar-refractivity contribution < 1.29 is 27.5 Å². The first-order valence-electron chi connectivity index (χ1n) is 13.1. The summed E-state index contributed by atoms with van der Waals surface area (Å²) in [6, 6.07) is 14.1. The van der Waals surface area contributed by atoms with E-state index in [1.807, 2.05) is 25.1 Å². The van der Waals surface area contributed by atoms with Gasteiger partial charge in [-0.25, -0.2) is 14.0 Å². The van der Waals surface area contributed by atoms with Crippen molar-refractivity contribution in [1.82, 2.24) is 29.1 Å². The van der Waals surface area contributed by atoms with E-state index in [4.69, 9.17) is 4.74 Å². The molecule has 43 heavy (non-hydrogen) atoms. The van der Waals surface area contributed by atoms with E-state index in [9.17, 15) is 32.8 Å². The van der Waals surface area contributed by atoms with Gasteiger partial charge in [-0.1, -0.05) is 6.07 Å². The third-order valence-electron chi connectivity index (χ3n) is 6.60. The number of amides is 1. The van der Waals surface area contributed by atoms with Crippen molar-refractivity contribution in [2.24, 2.45) is 0 Å². The van der Waals surface area contributed by atoms with Crippen molar-refractivity contribution in [3.63, 3.8) is 0 Å². The summed E-state index contributed by atoms with van der Waals surface area (Å²) in [5.41, 5.74) is -0.638. The molecule has 0 spiro atoms. The van der Waals surface area contributed by atoms with Gasteiger partial charge >= 0.3 is 11.9 Å². The van der Waals surface area contributed by atoms with Gasteiger partial charge in [0.25, 0.3) is 18.6 Å². The van der Waals surface area contributed by atoms with Crippen LogP contribution in [0.15, 0.2) is 65.6 Å². The molecule has 1 N–H and O–H groups in total. The molecule has 2 aromatic carbocycles. The Labute approximate surface area is 244 Å². The second kappa shape index (κ2) is 12.8. The standard InChI is InChI=1S/C29H28F3N7O4/c1-19-25(24-12-14-35-39(24)22-10-8-20(17-33)9-11-22)38(27(43-18-40)26(41)34-13-5-15-36(2)3)28(42)37(19)23-7-4-6-21(16-23)29(30,31)32/h4,6-12,14,16,18,27H,5,13,15H2,1-3H3,(H,34,41). The molecule has 0 aliphatic heterocycles. The van der Waals surface area contributed by atoms with Crippen molar-refractivity contribution in [2.75, 3.05) is 27.2 Å². The van der Waals surface area contributed by atoms with Crippen molar-refractivity contribution >= 4 is 12.4 Å². The summed E-state index contributed by atoms with van der Waals surface area (Å²) in [5.74, 6) is -0.806. The fourth-order valence-electron chi connectivity index (χ4n) is 4.63. The maximum Gasteiger partial charge on any atom is 0.416 e. The minimum absolute atomic E-state index is 0.0230. The van der Waals surface area contributed by atoms with Crippen LogP contribution in [0.3, 0.4) is 0 Å². The lowest BCUT2D eigenvalue weighted by molar-refractivity contribution is -0.151. The number of hydrogen-bond donors (Lipinski definition) is 1. The molecular weight excluding hydrogens is 567 g/mol. The minimum Gasteiger partial charge on any atom is -0.433 e.